The Hall–Kier alpha value is -0.910. The van der Waals surface area contributed by atoms with Crippen molar-refractivity contribution >= 4 is 46.7 Å². The molecule has 0 aromatic carbocycles. The van der Waals surface area contributed by atoms with Gasteiger partial charge in [-0.25, -0.2) is 9.78 Å². The average Bonchev–Trinajstić information content (AvgIpc) is 2.24. The van der Waals surface area contributed by atoms with E-state index in [0.717, 1.165) is 0 Å². The zero-order chi connectivity index (χ0) is 12.0. The first-order valence-electron chi connectivity index (χ1n) is 4.04. The highest BCUT2D eigenvalue weighted by Crippen LogP contribution is 2.26. The summed E-state index contributed by atoms with van der Waals surface area (Å²) in [5, 5.41) is 6.74. The van der Waals surface area contributed by atoms with Crippen molar-refractivity contribution in [1.29, 1.82) is 0 Å². The van der Waals surface area contributed by atoms with E-state index in [0.29, 0.717) is 0 Å². The predicted octanol–water partition coefficient (Wildman–Crippen LogP) is 3.67. The fraction of sp³-hybridized carbons (Fsp3) is 0.250. The Labute approximate surface area is 106 Å². The summed E-state index contributed by atoms with van der Waals surface area (Å²) < 4.78 is 2.85. The summed E-state index contributed by atoms with van der Waals surface area (Å²) in [5.74, 6) is 0.285. The lowest BCUT2D eigenvalue weighted by atomic mass is 10.5. The number of halogens is 3. The predicted molar refractivity (Wildman–Crippen MR) is 60.4 cm³/mol. The minimum atomic E-state index is -1.66. The van der Waals surface area contributed by atoms with E-state index in [4.69, 9.17) is 34.8 Å². The van der Waals surface area contributed by atoms with Gasteiger partial charge in [0.15, 0.2) is 5.82 Å². The van der Waals surface area contributed by atoms with E-state index in [-0.39, 0.29) is 5.82 Å². The minimum absolute atomic E-state index is 0.285. The Morgan fingerprint density at radius 2 is 2.19 bits per heavy atom. The number of carbonyl (C=O) groups is 1. The van der Waals surface area contributed by atoms with E-state index in [1.54, 1.807) is 18.2 Å². The van der Waals surface area contributed by atoms with Crippen molar-refractivity contribution in [3.8, 4) is 0 Å². The molecule has 1 amide bonds. The number of ether oxygens (including phenoxy) is 1. The van der Waals surface area contributed by atoms with Gasteiger partial charge in [0, 0.05) is 6.20 Å². The van der Waals surface area contributed by atoms with Crippen LogP contribution in [-0.2, 0) is 4.74 Å². The number of pyridine rings is 1. The van der Waals surface area contributed by atoms with Crippen LogP contribution in [0.4, 0.5) is 10.6 Å². The van der Waals surface area contributed by atoms with Crippen LogP contribution < -0.4 is 0 Å². The van der Waals surface area contributed by atoms with Crippen molar-refractivity contribution in [1.82, 2.24) is 4.98 Å². The average molecular weight is 283 g/mol. The number of nitrogens with zero attached hydrogens (tertiary/aromatic N) is 3. The molecule has 0 bridgehead atoms. The lowest BCUT2D eigenvalue weighted by Gasteiger charge is -2.08. The number of carbonyl (C=O) groups excluding carboxylic acids is 1. The second-order valence-corrected chi connectivity index (χ2v) is 5.07. The van der Waals surface area contributed by atoms with Crippen LogP contribution in [0.1, 0.15) is 0 Å². The van der Waals surface area contributed by atoms with Crippen LogP contribution in [0.2, 0.25) is 0 Å². The second kappa shape index (κ2) is 5.98. The highest BCUT2D eigenvalue weighted by Gasteiger charge is 2.21. The van der Waals surface area contributed by atoms with Gasteiger partial charge < -0.3 is 4.74 Å². The molecule has 16 heavy (non-hydrogen) atoms. The lowest BCUT2D eigenvalue weighted by Crippen LogP contribution is -2.14. The molecule has 1 aromatic rings. The number of hydrogen-bond donors (Lipinski definition) is 0. The molecule has 1 aromatic heterocycles. The van der Waals surface area contributed by atoms with Gasteiger partial charge in [-0.2, -0.15) is 0 Å². The normalized spacial score (nSPS) is 11.7. The Bertz CT molecular complexity index is 378. The number of azo groups is 1. The first kappa shape index (κ1) is 13.2. The summed E-state index contributed by atoms with van der Waals surface area (Å²) in [6, 6.07) is 4.99. The molecular formula is C8H6Cl3N3O2. The molecule has 0 spiro atoms. The summed E-state index contributed by atoms with van der Waals surface area (Å²) in [5.41, 5.74) is 0. The molecule has 0 unspecified atom stereocenters. The van der Waals surface area contributed by atoms with Crippen molar-refractivity contribution in [2.75, 3.05) is 6.61 Å². The van der Waals surface area contributed by atoms with Gasteiger partial charge >= 0.3 is 6.09 Å². The molecule has 0 atom stereocenters. The van der Waals surface area contributed by atoms with Crippen LogP contribution in [-0.4, -0.2) is 21.5 Å². The van der Waals surface area contributed by atoms with Crippen molar-refractivity contribution < 1.29 is 9.53 Å². The number of hydrogen-bond acceptors (Lipinski definition) is 4. The van der Waals surface area contributed by atoms with Gasteiger partial charge in [0.1, 0.15) is 6.61 Å². The molecule has 5 nitrogen and oxygen atoms in total. The van der Waals surface area contributed by atoms with E-state index in [9.17, 15) is 4.79 Å². The van der Waals surface area contributed by atoms with Crippen LogP contribution >= 0.6 is 34.8 Å². The van der Waals surface area contributed by atoms with Crippen molar-refractivity contribution in [3.63, 3.8) is 0 Å². The number of aromatic nitrogens is 1. The van der Waals surface area contributed by atoms with E-state index in [2.05, 4.69) is 19.9 Å². The molecule has 0 aliphatic rings. The summed E-state index contributed by atoms with van der Waals surface area (Å²) in [7, 11) is 0. The Kier molecular flexibility index (Phi) is 4.92. The molecule has 0 aliphatic carbocycles. The molecule has 8 heteroatoms. The third kappa shape index (κ3) is 5.85. The molecule has 86 valence electrons. The fourth-order valence-electron chi connectivity index (χ4n) is 0.677. The first-order chi connectivity index (χ1) is 7.47. The van der Waals surface area contributed by atoms with Gasteiger partial charge in [-0.05, 0) is 12.1 Å². The van der Waals surface area contributed by atoms with Gasteiger partial charge in [0.2, 0.25) is 3.79 Å². The maximum atomic E-state index is 11.0. The van der Waals surface area contributed by atoms with Crippen LogP contribution in [0.15, 0.2) is 34.6 Å². The highest BCUT2D eigenvalue weighted by molar-refractivity contribution is 6.67. The molecule has 1 heterocycles. The molecule has 0 aliphatic heterocycles. The van der Waals surface area contributed by atoms with Gasteiger partial charge in [-0.15, -0.1) is 5.11 Å². The van der Waals surface area contributed by atoms with E-state index >= 15 is 0 Å². The number of alkyl halides is 3. The molecule has 0 radical (unpaired) electrons. The van der Waals surface area contributed by atoms with Crippen molar-refractivity contribution in [3.05, 3.63) is 24.4 Å². The first-order valence-corrected chi connectivity index (χ1v) is 5.17. The molecule has 0 saturated carbocycles. The Morgan fingerprint density at radius 1 is 1.44 bits per heavy atom. The third-order valence-corrected chi connectivity index (χ3v) is 1.57. The maximum Gasteiger partial charge on any atom is 0.452 e. The smallest absolute Gasteiger partial charge is 0.442 e. The fourth-order valence-corrected chi connectivity index (χ4v) is 0.841. The topological polar surface area (TPSA) is 63.9 Å². The van der Waals surface area contributed by atoms with Gasteiger partial charge in [0.25, 0.3) is 0 Å². The van der Waals surface area contributed by atoms with Crippen LogP contribution in [0.3, 0.4) is 0 Å². The van der Waals surface area contributed by atoms with E-state index in [1.165, 1.54) is 6.20 Å². The minimum Gasteiger partial charge on any atom is -0.442 e. The van der Waals surface area contributed by atoms with Gasteiger partial charge in [-0.1, -0.05) is 46.0 Å². The molecule has 0 N–H and O–H groups in total. The number of rotatable bonds is 2. The highest BCUT2D eigenvalue weighted by atomic mass is 35.6. The van der Waals surface area contributed by atoms with Gasteiger partial charge in [-0.3, -0.25) is 0 Å². The standard InChI is InChI=1S/C8H6Cl3N3O2/c9-8(10,11)5-16-7(15)14-13-6-3-1-2-4-12-6/h1-4H,5H2/b14-13+. The van der Waals surface area contributed by atoms with Crippen LogP contribution in [0.5, 0.6) is 0 Å². The molecule has 1 rings (SSSR count). The van der Waals surface area contributed by atoms with Crippen LogP contribution in [0.25, 0.3) is 0 Å². The van der Waals surface area contributed by atoms with E-state index < -0.39 is 16.5 Å². The van der Waals surface area contributed by atoms with Gasteiger partial charge in [0.05, 0.1) is 0 Å². The molecule has 0 fully saturated rings. The Morgan fingerprint density at radius 3 is 2.75 bits per heavy atom. The third-order valence-electron chi connectivity index (χ3n) is 1.24. The summed E-state index contributed by atoms with van der Waals surface area (Å²) in [4.78, 5) is 14.8. The zero-order valence-corrected chi connectivity index (χ0v) is 10.1. The summed E-state index contributed by atoms with van der Waals surface area (Å²) in [6.45, 7) is -0.391. The molecular weight excluding hydrogens is 276 g/mol. The molecule has 0 saturated heterocycles. The summed E-state index contributed by atoms with van der Waals surface area (Å²) >= 11 is 16.1. The summed E-state index contributed by atoms with van der Waals surface area (Å²) in [6.07, 6.45) is 0.568. The maximum absolute atomic E-state index is 11.0. The lowest BCUT2D eigenvalue weighted by molar-refractivity contribution is 0.158. The SMILES string of the molecule is O=C(/N=N/c1ccccn1)OCC(Cl)(Cl)Cl. The quantitative estimate of drug-likeness (QED) is 0.614. The van der Waals surface area contributed by atoms with E-state index in [1.807, 2.05) is 0 Å². The van der Waals surface area contributed by atoms with Crippen LogP contribution in [0, 0.1) is 0 Å². The monoisotopic (exact) mass is 281 g/mol. The van der Waals surface area contributed by atoms with Crippen molar-refractivity contribution in [2.45, 2.75) is 3.79 Å². The second-order valence-electron chi connectivity index (χ2n) is 2.56. The van der Waals surface area contributed by atoms with Crippen molar-refractivity contribution in [2.24, 2.45) is 10.2 Å². The Balaban J connectivity index is 2.43. The largest absolute Gasteiger partial charge is 0.452 e. The zero-order valence-electron chi connectivity index (χ0n) is 7.81. The number of amides is 1.